The minimum absolute atomic E-state index is 0.587. The summed E-state index contributed by atoms with van der Waals surface area (Å²) in [4.78, 5) is 2.33. The predicted octanol–water partition coefficient (Wildman–Crippen LogP) is 3.96. The van der Waals surface area contributed by atoms with Crippen LogP contribution < -0.4 is 0 Å². The van der Waals surface area contributed by atoms with Crippen molar-refractivity contribution < 1.29 is 0 Å². The zero-order chi connectivity index (χ0) is 12.5. The van der Waals surface area contributed by atoms with Gasteiger partial charge in [-0.2, -0.15) is 0 Å². The molecule has 1 nitrogen and oxygen atoms in total. The Morgan fingerprint density at radius 3 is 2.12 bits per heavy atom. The molecule has 1 rings (SSSR count). The molecule has 0 aromatic heterocycles. The molecule has 1 atom stereocenters. The summed E-state index contributed by atoms with van der Waals surface area (Å²) >= 11 is 11.6. The van der Waals surface area contributed by atoms with Gasteiger partial charge in [-0.3, -0.25) is 0 Å². The molecule has 0 amide bonds. The third kappa shape index (κ3) is 5.76. The molecule has 17 heavy (non-hydrogen) atoms. The Morgan fingerprint density at radius 1 is 1.00 bits per heavy atom. The lowest BCUT2D eigenvalue weighted by Gasteiger charge is -2.22. The Kier molecular flexibility index (Phi) is 7.67. The third-order valence-corrected chi connectivity index (χ3v) is 3.39. The van der Waals surface area contributed by atoms with E-state index in [1.54, 1.807) is 0 Å². The molecule has 0 radical (unpaired) electrons. The van der Waals surface area contributed by atoms with Crippen molar-refractivity contribution >= 4 is 23.2 Å². The molecule has 0 spiro atoms. The van der Waals surface area contributed by atoms with Crippen LogP contribution in [0.2, 0.25) is 0 Å². The van der Waals surface area contributed by atoms with E-state index in [2.05, 4.69) is 42.2 Å². The van der Waals surface area contributed by atoms with E-state index in [9.17, 15) is 0 Å². The van der Waals surface area contributed by atoms with Gasteiger partial charge in [-0.05, 0) is 24.4 Å². The minimum atomic E-state index is 0.587. The molecule has 0 heterocycles. The van der Waals surface area contributed by atoms with Gasteiger partial charge in [0.25, 0.3) is 0 Å². The van der Waals surface area contributed by atoms with Gasteiger partial charge in [-0.1, -0.05) is 37.3 Å². The Balaban J connectivity index is 2.38. The summed E-state index contributed by atoms with van der Waals surface area (Å²) in [7, 11) is 0. The van der Waals surface area contributed by atoms with E-state index < -0.39 is 0 Å². The molecule has 3 heteroatoms. The van der Waals surface area contributed by atoms with Crippen LogP contribution >= 0.6 is 23.2 Å². The first kappa shape index (κ1) is 14.8. The third-order valence-electron chi connectivity index (χ3n) is 3.05. The van der Waals surface area contributed by atoms with Crippen molar-refractivity contribution in [1.29, 1.82) is 0 Å². The maximum absolute atomic E-state index is 5.78. The van der Waals surface area contributed by atoms with Crippen LogP contribution in [-0.2, 0) is 0 Å². The van der Waals surface area contributed by atoms with Crippen LogP contribution in [0.15, 0.2) is 30.3 Å². The van der Waals surface area contributed by atoms with Crippen molar-refractivity contribution in [2.75, 3.05) is 31.4 Å². The first-order valence-corrected chi connectivity index (χ1v) is 7.24. The van der Waals surface area contributed by atoms with E-state index in [1.807, 2.05) is 0 Å². The van der Waals surface area contributed by atoms with E-state index in [4.69, 9.17) is 23.2 Å². The molecule has 1 aromatic rings. The molecule has 0 bridgehead atoms. The van der Waals surface area contributed by atoms with Crippen molar-refractivity contribution in [3.8, 4) is 0 Å². The summed E-state index contributed by atoms with van der Waals surface area (Å²) in [6.45, 7) is 5.19. The molecule has 1 aromatic carbocycles. The normalized spacial score (nSPS) is 12.9. The van der Waals surface area contributed by atoms with Gasteiger partial charge in [0, 0.05) is 24.8 Å². The fourth-order valence-electron chi connectivity index (χ4n) is 1.90. The molecule has 0 aliphatic heterocycles. The van der Waals surface area contributed by atoms with E-state index in [0.29, 0.717) is 17.7 Å². The van der Waals surface area contributed by atoms with Gasteiger partial charge in [0.05, 0.1) is 0 Å². The largest absolute Gasteiger partial charge is 0.301 e. The van der Waals surface area contributed by atoms with Gasteiger partial charge in [0.15, 0.2) is 0 Å². The van der Waals surface area contributed by atoms with Gasteiger partial charge in [0.2, 0.25) is 0 Å². The molecular weight excluding hydrogens is 253 g/mol. The average Bonchev–Trinajstić information content (AvgIpc) is 2.37. The summed E-state index contributed by atoms with van der Waals surface area (Å²) in [5, 5.41) is 0. The second-order valence-electron chi connectivity index (χ2n) is 4.32. The maximum Gasteiger partial charge on any atom is 0.0351 e. The maximum atomic E-state index is 5.78. The van der Waals surface area contributed by atoms with E-state index >= 15 is 0 Å². The van der Waals surface area contributed by atoms with E-state index in [1.165, 1.54) is 5.56 Å². The number of halogens is 2. The lowest BCUT2D eigenvalue weighted by atomic mass is 9.98. The first-order valence-electron chi connectivity index (χ1n) is 6.17. The Labute approximate surface area is 115 Å². The lowest BCUT2D eigenvalue weighted by Crippen LogP contribution is -2.29. The van der Waals surface area contributed by atoms with Gasteiger partial charge < -0.3 is 4.90 Å². The number of benzene rings is 1. The van der Waals surface area contributed by atoms with Crippen molar-refractivity contribution in [1.82, 2.24) is 4.90 Å². The zero-order valence-electron chi connectivity index (χ0n) is 10.4. The van der Waals surface area contributed by atoms with Crippen LogP contribution in [0.25, 0.3) is 0 Å². The fourth-order valence-corrected chi connectivity index (χ4v) is 2.38. The van der Waals surface area contributed by atoms with E-state index in [-0.39, 0.29) is 0 Å². The van der Waals surface area contributed by atoms with Crippen LogP contribution in [0.5, 0.6) is 0 Å². The van der Waals surface area contributed by atoms with Crippen molar-refractivity contribution in [2.45, 2.75) is 19.3 Å². The molecular formula is C14H21Cl2N. The monoisotopic (exact) mass is 273 g/mol. The topological polar surface area (TPSA) is 3.24 Å². The molecule has 0 N–H and O–H groups in total. The molecule has 0 fully saturated rings. The molecule has 0 aliphatic carbocycles. The highest BCUT2D eigenvalue weighted by atomic mass is 35.5. The number of alkyl halides is 2. The van der Waals surface area contributed by atoms with Gasteiger partial charge in [-0.15, -0.1) is 23.2 Å². The van der Waals surface area contributed by atoms with Crippen LogP contribution in [0.1, 0.15) is 24.8 Å². The predicted molar refractivity (Wildman–Crippen MR) is 77.4 cm³/mol. The quantitative estimate of drug-likeness (QED) is 0.648. The summed E-state index contributed by atoms with van der Waals surface area (Å²) in [6.07, 6.45) is 1.15. The number of rotatable bonds is 8. The van der Waals surface area contributed by atoms with Crippen LogP contribution in [0.3, 0.4) is 0 Å². The van der Waals surface area contributed by atoms with Gasteiger partial charge in [-0.25, -0.2) is 0 Å². The number of hydrogen-bond donors (Lipinski definition) is 0. The molecule has 0 saturated heterocycles. The molecule has 96 valence electrons. The van der Waals surface area contributed by atoms with Crippen LogP contribution in [-0.4, -0.2) is 36.3 Å². The van der Waals surface area contributed by atoms with Crippen molar-refractivity contribution in [3.05, 3.63) is 35.9 Å². The van der Waals surface area contributed by atoms with Crippen LogP contribution in [0.4, 0.5) is 0 Å². The average molecular weight is 274 g/mol. The first-order chi connectivity index (χ1) is 8.27. The summed E-state index contributed by atoms with van der Waals surface area (Å²) < 4.78 is 0. The number of nitrogens with zero attached hydrogens (tertiary/aromatic N) is 1. The van der Waals surface area contributed by atoms with Gasteiger partial charge >= 0.3 is 0 Å². The molecule has 1 unspecified atom stereocenters. The SMILES string of the molecule is CC(CCN(CCCl)CCCl)c1ccccc1. The zero-order valence-corrected chi connectivity index (χ0v) is 11.9. The summed E-state index contributed by atoms with van der Waals surface area (Å²) in [5.74, 6) is 1.94. The smallest absolute Gasteiger partial charge is 0.0351 e. The lowest BCUT2D eigenvalue weighted by molar-refractivity contribution is 0.295. The summed E-state index contributed by atoms with van der Waals surface area (Å²) in [5.41, 5.74) is 1.41. The Morgan fingerprint density at radius 2 is 1.59 bits per heavy atom. The van der Waals surface area contributed by atoms with Crippen LogP contribution in [0, 0.1) is 0 Å². The van der Waals surface area contributed by atoms with Crippen molar-refractivity contribution in [2.24, 2.45) is 0 Å². The molecule has 0 aliphatic rings. The highest BCUT2D eigenvalue weighted by molar-refractivity contribution is 6.18. The Hall–Kier alpha value is -0.240. The standard InChI is InChI=1S/C14H21Cl2N/c1-13(14-5-3-2-4-6-14)7-10-17(11-8-15)12-9-16/h2-6,13H,7-12H2,1H3. The second-order valence-corrected chi connectivity index (χ2v) is 5.08. The number of hydrogen-bond acceptors (Lipinski definition) is 1. The van der Waals surface area contributed by atoms with E-state index in [0.717, 1.165) is 26.1 Å². The van der Waals surface area contributed by atoms with Gasteiger partial charge in [0.1, 0.15) is 0 Å². The fraction of sp³-hybridized carbons (Fsp3) is 0.571. The highest BCUT2D eigenvalue weighted by Gasteiger charge is 2.08. The highest BCUT2D eigenvalue weighted by Crippen LogP contribution is 2.18. The summed E-state index contributed by atoms with van der Waals surface area (Å²) in [6, 6.07) is 10.6. The minimum Gasteiger partial charge on any atom is -0.301 e. The second kappa shape index (κ2) is 8.79. The Bertz CT molecular complexity index is 284. The van der Waals surface area contributed by atoms with Crippen molar-refractivity contribution in [3.63, 3.8) is 0 Å². The molecule has 0 saturated carbocycles.